The quantitative estimate of drug-likeness (QED) is 0.621. The maximum atomic E-state index is 5.22. The van der Waals surface area contributed by atoms with E-state index >= 15 is 0 Å². The van der Waals surface area contributed by atoms with Crippen LogP contribution < -0.4 is 0 Å². The topological polar surface area (TPSA) is 12.5 Å². The van der Waals surface area contributed by atoms with E-state index in [4.69, 9.17) is 4.74 Å². The number of hydrogen-bond donors (Lipinski definition) is 0. The van der Waals surface area contributed by atoms with E-state index in [0.717, 1.165) is 24.6 Å². The van der Waals surface area contributed by atoms with Crippen LogP contribution >= 0.6 is 0 Å². The summed E-state index contributed by atoms with van der Waals surface area (Å²) < 4.78 is 5.22. The van der Waals surface area contributed by atoms with Crippen molar-refractivity contribution < 1.29 is 4.74 Å². The van der Waals surface area contributed by atoms with Crippen LogP contribution in [0.15, 0.2) is 0 Å². The molecule has 2 aliphatic rings. The number of ether oxygens (including phenoxy) is 1. The largest absolute Gasteiger partial charge is 0.384 e. The molecular formula is C10H19NO. The minimum atomic E-state index is 0.837. The van der Waals surface area contributed by atoms with Crippen LogP contribution in [-0.2, 0) is 4.74 Å². The van der Waals surface area contributed by atoms with Crippen LogP contribution in [0.1, 0.15) is 25.7 Å². The van der Waals surface area contributed by atoms with E-state index in [1.807, 2.05) is 7.11 Å². The number of methoxy groups -OCH3 is 1. The molecule has 2 fully saturated rings. The Morgan fingerprint density at radius 1 is 1.25 bits per heavy atom. The number of rotatable bonds is 2. The summed E-state index contributed by atoms with van der Waals surface area (Å²) in [7, 11) is 4.10. The molecule has 0 radical (unpaired) electrons. The minimum Gasteiger partial charge on any atom is -0.384 e. The Hall–Kier alpha value is -0.0800. The molecule has 0 saturated carbocycles. The summed E-state index contributed by atoms with van der Waals surface area (Å²) in [5, 5.41) is 0. The predicted molar refractivity (Wildman–Crippen MR) is 49.2 cm³/mol. The van der Waals surface area contributed by atoms with Gasteiger partial charge in [-0.2, -0.15) is 0 Å². The van der Waals surface area contributed by atoms with Gasteiger partial charge >= 0.3 is 0 Å². The van der Waals surface area contributed by atoms with Crippen LogP contribution in [0.2, 0.25) is 0 Å². The van der Waals surface area contributed by atoms with Crippen molar-refractivity contribution in [1.29, 1.82) is 0 Å². The second-order valence-electron chi connectivity index (χ2n) is 4.34. The lowest BCUT2D eigenvalue weighted by Gasteiger charge is -2.35. The molecule has 70 valence electrons. The third-order valence-corrected chi connectivity index (χ3v) is 3.60. The zero-order valence-corrected chi connectivity index (χ0v) is 8.12. The van der Waals surface area contributed by atoms with Crippen molar-refractivity contribution in [3.8, 4) is 0 Å². The minimum absolute atomic E-state index is 0.837. The zero-order chi connectivity index (χ0) is 8.55. The summed E-state index contributed by atoms with van der Waals surface area (Å²) in [6.45, 7) is 0.973. The first kappa shape index (κ1) is 8.52. The van der Waals surface area contributed by atoms with Gasteiger partial charge in [0.05, 0.1) is 0 Å². The summed E-state index contributed by atoms with van der Waals surface area (Å²) in [5.41, 5.74) is 0. The Kier molecular flexibility index (Phi) is 2.37. The van der Waals surface area contributed by atoms with Gasteiger partial charge in [-0.05, 0) is 38.6 Å². The fourth-order valence-electron chi connectivity index (χ4n) is 2.90. The van der Waals surface area contributed by atoms with Crippen molar-refractivity contribution in [2.75, 3.05) is 20.8 Å². The molecule has 0 N–H and O–H groups in total. The van der Waals surface area contributed by atoms with Crippen molar-refractivity contribution in [3.05, 3.63) is 0 Å². The molecule has 0 aromatic rings. The molecule has 2 rings (SSSR count). The van der Waals surface area contributed by atoms with E-state index < -0.39 is 0 Å². The maximum Gasteiger partial charge on any atom is 0.0491 e. The van der Waals surface area contributed by atoms with Gasteiger partial charge in [0.25, 0.3) is 0 Å². The molecule has 0 aromatic carbocycles. The molecule has 2 atom stereocenters. The second-order valence-corrected chi connectivity index (χ2v) is 4.34. The van der Waals surface area contributed by atoms with E-state index in [9.17, 15) is 0 Å². The van der Waals surface area contributed by atoms with Gasteiger partial charge in [-0.3, -0.25) is 0 Å². The molecule has 0 spiro atoms. The van der Waals surface area contributed by atoms with Crippen molar-refractivity contribution in [2.24, 2.45) is 5.92 Å². The highest BCUT2D eigenvalue weighted by atomic mass is 16.5. The van der Waals surface area contributed by atoms with Crippen LogP contribution in [0.25, 0.3) is 0 Å². The average molecular weight is 169 g/mol. The first-order valence-corrected chi connectivity index (χ1v) is 5.02. The number of nitrogens with zero attached hydrogens (tertiary/aromatic N) is 1. The van der Waals surface area contributed by atoms with Crippen molar-refractivity contribution in [2.45, 2.75) is 37.8 Å². The van der Waals surface area contributed by atoms with E-state index in [-0.39, 0.29) is 0 Å². The highest BCUT2D eigenvalue weighted by Gasteiger charge is 2.37. The van der Waals surface area contributed by atoms with Gasteiger partial charge in [0, 0.05) is 25.8 Å². The molecule has 2 saturated heterocycles. The summed E-state index contributed by atoms with van der Waals surface area (Å²) in [5.74, 6) is 0.837. The lowest BCUT2D eigenvalue weighted by Crippen LogP contribution is -2.40. The Morgan fingerprint density at radius 3 is 2.33 bits per heavy atom. The molecule has 0 aromatic heterocycles. The van der Waals surface area contributed by atoms with Gasteiger partial charge in [-0.1, -0.05) is 0 Å². The third-order valence-electron chi connectivity index (χ3n) is 3.60. The second kappa shape index (κ2) is 3.35. The molecule has 2 unspecified atom stereocenters. The fraction of sp³-hybridized carbons (Fsp3) is 1.00. The van der Waals surface area contributed by atoms with Gasteiger partial charge in [0.15, 0.2) is 0 Å². The standard InChI is InChI=1S/C10H19NO/c1-11-9-3-4-10(11)6-8(5-9)7-12-2/h8-10H,3-7H2,1-2H3. The molecule has 2 nitrogen and oxygen atoms in total. The van der Waals surface area contributed by atoms with Crippen LogP contribution in [0.3, 0.4) is 0 Å². The van der Waals surface area contributed by atoms with Crippen molar-refractivity contribution >= 4 is 0 Å². The number of hydrogen-bond acceptors (Lipinski definition) is 2. The van der Waals surface area contributed by atoms with Crippen molar-refractivity contribution in [1.82, 2.24) is 4.90 Å². The third kappa shape index (κ3) is 1.38. The lowest BCUT2D eigenvalue weighted by atomic mass is 9.92. The van der Waals surface area contributed by atoms with Gasteiger partial charge in [0.2, 0.25) is 0 Å². The molecular weight excluding hydrogens is 150 g/mol. The van der Waals surface area contributed by atoms with E-state index in [2.05, 4.69) is 11.9 Å². The molecule has 0 amide bonds. The summed E-state index contributed by atoms with van der Waals surface area (Å²) in [4.78, 5) is 2.58. The van der Waals surface area contributed by atoms with E-state index in [0.29, 0.717) is 0 Å². The first-order valence-electron chi connectivity index (χ1n) is 5.02. The smallest absolute Gasteiger partial charge is 0.0491 e. The molecule has 0 aliphatic carbocycles. The van der Waals surface area contributed by atoms with Gasteiger partial charge < -0.3 is 9.64 Å². The SMILES string of the molecule is COCC1CC2CCC(C1)N2C. The molecule has 2 bridgehead atoms. The highest BCUT2D eigenvalue weighted by molar-refractivity contribution is 4.93. The summed E-state index contributed by atoms with van der Waals surface area (Å²) >= 11 is 0. The van der Waals surface area contributed by atoms with Gasteiger partial charge in [-0.15, -0.1) is 0 Å². The van der Waals surface area contributed by atoms with E-state index in [1.54, 1.807) is 0 Å². The van der Waals surface area contributed by atoms with Gasteiger partial charge in [-0.25, -0.2) is 0 Å². The highest BCUT2D eigenvalue weighted by Crippen LogP contribution is 2.37. The molecule has 2 heteroatoms. The van der Waals surface area contributed by atoms with Crippen LogP contribution in [0, 0.1) is 5.92 Å². The van der Waals surface area contributed by atoms with Gasteiger partial charge in [0.1, 0.15) is 0 Å². The predicted octanol–water partition coefficient (Wildman–Crippen LogP) is 1.51. The summed E-state index contributed by atoms with van der Waals surface area (Å²) in [6.07, 6.45) is 5.56. The molecule has 12 heavy (non-hydrogen) atoms. The first-order chi connectivity index (χ1) is 5.81. The van der Waals surface area contributed by atoms with Crippen LogP contribution in [0.4, 0.5) is 0 Å². The zero-order valence-electron chi connectivity index (χ0n) is 8.12. The van der Waals surface area contributed by atoms with Crippen molar-refractivity contribution in [3.63, 3.8) is 0 Å². The lowest BCUT2D eigenvalue weighted by molar-refractivity contribution is 0.0724. The van der Waals surface area contributed by atoms with Crippen LogP contribution in [0.5, 0.6) is 0 Å². The van der Waals surface area contributed by atoms with Crippen LogP contribution in [-0.4, -0.2) is 37.7 Å². The Morgan fingerprint density at radius 2 is 1.83 bits per heavy atom. The Balaban J connectivity index is 1.93. The fourth-order valence-corrected chi connectivity index (χ4v) is 2.90. The normalized spacial score (nSPS) is 42.0. The number of fused-ring (bicyclic) bond motifs is 2. The monoisotopic (exact) mass is 169 g/mol. The maximum absolute atomic E-state index is 5.22. The average Bonchev–Trinajstić information content (AvgIpc) is 2.33. The van der Waals surface area contributed by atoms with E-state index in [1.165, 1.54) is 25.7 Å². The summed E-state index contributed by atoms with van der Waals surface area (Å²) in [6, 6.07) is 1.73. The molecule has 2 aliphatic heterocycles. The Bertz CT molecular complexity index is 146. The Labute approximate surface area is 74.9 Å². The molecule has 2 heterocycles. The number of piperidine rings is 1.